The first kappa shape index (κ1) is 14.3. The van der Waals surface area contributed by atoms with Gasteiger partial charge in [-0.05, 0) is 50.6 Å². The van der Waals surface area contributed by atoms with Gasteiger partial charge < -0.3 is 10.6 Å². The molecule has 0 spiro atoms. The van der Waals surface area contributed by atoms with E-state index in [0.29, 0.717) is 6.04 Å². The van der Waals surface area contributed by atoms with Crippen LogP contribution in [0.3, 0.4) is 0 Å². The van der Waals surface area contributed by atoms with Crippen LogP contribution >= 0.6 is 0 Å². The van der Waals surface area contributed by atoms with Crippen LogP contribution in [0.1, 0.15) is 38.3 Å². The molecule has 2 heterocycles. The van der Waals surface area contributed by atoms with Gasteiger partial charge in [0.15, 0.2) is 0 Å². The first-order chi connectivity index (χ1) is 9.11. The molecule has 1 saturated heterocycles. The summed E-state index contributed by atoms with van der Waals surface area (Å²) in [6.07, 6.45) is 4.47. The molecule has 0 amide bonds. The van der Waals surface area contributed by atoms with Crippen LogP contribution in [-0.4, -0.2) is 42.6 Å². The Morgan fingerprint density at radius 1 is 1.58 bits per heavy atom. The van der Waals surface area contributed by atoms with Crippen molar-refractivity contribution in [1.82, 2.24) is 9.88 Å². The van der Waals surface area contributed by atoms with Gasteiger partial charge in [-0.15, -0.1) is 0 Å². The Morgan fingerprint density at radius 2 is 2.37 bits per heavy atom. The lowest BCUT2D eigenvalue weighted by Crippen LogP contribution is -2.39. The number of rotatable bonds is 5. The number of likely N-dealkylation sites (tertiary alicyclic amines) is 1. The van der Waals surface area contributed by atoms with Crippen molar-refractivity contribution >= 4 is 5.82 Å². The number of anilines is 1. The predicted molar refractivity (Wildman–Crippen MR) is 80.4 cm³/mol. The lowest BCUT2D eigenvalue weighted by atomic mass is 10.1. The normalized spacial score (nSPS) is 21.6. The number of likely N-dealkylation sites (N-methyl/N-ethyl adjacent to an activating group) is 2. The van der Waals surface area contributed by atoms with Crippen molar-refractivity contribution in [3.63, 3.8) is 0 Å². The summed E-state index contributed by atoms with van der Waals surface area (Å²) in [5.41, 5.74) is 7.08. The third-order valence-corrected chi connectivity index (χ3v) is 4.08. The second-order valence-electron chi connectivity index (χ2n) is 5.54. The highest BCUT2D eigenvalue weighted by Gasteiger charge is 2.24. The molecule has 1 aromatic heterocycles. The highest BCUT2D eigenvalue weighted by Crippen LogP contribution is 2.21. The molecular formula is C15H26N4. The fourth-order valence-electron chi connectivity index (χ4n) is 2.85. The summed E-state index contributed by atoms with van der Waals surface area (Å²) in [5.74, 6) is 1.03. The maximum absolute atomic E-state index is 5.94. The number of pyridine rings is 1. The molecule has 2 atom stereocenters. The van der Waals surface area contributed by atoms with Crippen molar-refractivity contribution in [3.05, 3.63) is 23.9 Å². The zero-order chi connectivity index (χ0) is 13.8. The molecule has 19 heavy (non-hydrogen) atoms. The van der Waals surface area contributed by atoms with Gasteiger partial charge in [-0.2, -0.15) is 0 Å². The van der Waals surface area contributed by atoms with Crippen molar-refractivity contribution < 1.29 is 0 Å². The fraction of sp³-hybridized carbons (Fsp3) is 0.667. The fourth-order valence-corrected chi connectivity index (χ4v) is 2.85. The molecule has 0 aliphatic carbocycles. The molecule has 0 bridgehead atoms. The van der Waals surface area contributed by atoms with Crippen LogP contribution in [0.4, 0.5) is 5.82 Å². The third kappa shape index (κ3) is 3.45. The van der Waals surface area contributed by atoms with E-state index in [4.69, 9.17) is 5.73 Å². The largest absolute Gasteiger partial charge is 0.358 e. The van der Waals surface area contributed by atoms with Gasteiger partial charge in [0.05, 0.1) is 0 Å². The lowest BCUT2D eigenvalue weighted by molar-refractivity contribution is 0.270. The highest BCUT2D eigenvalue weighted by atomic mass is 15.2. The Labute approximate surface area is 116 Å². The van der Waals surface area contributed by atoms with Gasteiger partial charge in [0.25, 0.3) is 0 Å². The van der Waals surface area contributed by atoms with Crippen LogP contribution in [0.15, 0.2) is 18.3 Å². The van der Waals surface area contributed by atoms with Crippen molar-refractivity contribution in [2.75, 3.05) is 31.6 Å². The van der Waals surface area contributed by atoms with E-state index in [-0.39, 0.29) is 6.04 Å². The first-order valence-corrected chi connectivity index (χ1v) is 7.28. The SMILES string of the molecule is CCN1CCCC1CN(C)c1cc([C@@H](C)N)ccn1. The maximum atomic E-state index is 5.94. The summed E-state index contributed by atoms with van der Waals surface area (Å²) in [5, 5.41) is 0. The zero-order valence-corrected chi connectivity index (χ0v) is 12.3. The van der Waals surface area contributed by atoms with Gasteiger partial charge in [-0.1, -0.05) is 6.92 Å². The Hall–Kier alpha value is -1.13. The number of hydrogen-bond donors (Lipinski definition) is 1. The van der Waals surface area contributed by atoms with Crippen LogP contribution in [-0.2, 0) is 0 Å². The van der Waals surface area contributed by atoms with Crippen molar-refractivity contribution in [1.29, 1.82) is 0 Å². The molecule has 0 radical (unpaired) electrons. The molecule has 2 rings (SSSR count). The van der Waals surface area contributed by atoms with Gasteiger partial charge >= 0.3 is 0 Å². The quantitative estimate of drug-likeness (QED) is 0.882. The molecule has 1 unspecified atom stereocenters. The molecule has 4 heteroatoms. The van der Waals surface area contributed by atoms with Crippen molar-refractivity contribution in [2.24, 2.45) is 5.73 Å². The highest BCUT2D eigenvalue weighted by molar-refractivity contribution is 5.41. The van der Waals surface area contributed by atoms with Crippen molar-refractivity contribution in [3.8, 4) is 0 Å². The molecule has 0 saturated carbocycles. The van der Waals surface area contributed by atoms with E-state index in [2.05, 4.69) is 34.8 Å². The average Bonchev–Trinajstić information content (AvgIpc) is 2.86. The molecule has 1 aliphatic heterocycles. The molecule has 106 valence electrons. The van der Waals surface area contributed by atoms with Crippen LogP contribution in [0.25, 0.3) is 0 Å². The van der Waals surface area contributed by atoms with Crippen LogP contribution in [0, 0.1) is 0 Å². The Balaban J connectivity index is 2.03. The number of nitrogens with two attached hydrogens (primary N) is 1. The Bertz CT molecular complexity index is 405. The van der Waals surface area contributed by atoms with Crippen LogP contribution in [0.2, 0.25) is 0 Å². The summed E-state index contributed by atoms with van der Waals surface area (Å²) >= 11 is 0. The predicted octanol–water partition coefficient (Wildman–Crippen LogP) is 2.02. The summed E-state index contributed by atoms with van der Waals surface area (Å²) in [6, 6.07) is 4.83. The first-order valence-electron chi connectivity index (χ1n) is 7.28. The van der Waals surface area contributed by atoms with Crippen molar-refractivity contribution in [2.45, 2.75) is 38.8 Å². The standard InChI is InChI=1S/C15H26N4/c1-4-19-9-5-6-14(19)11-18(3)15-10-13(12(2)16)7-8-17-15/h7-8,10,12,14H,4-6,9,11,16H2,1-3H3/t12-,14?/m1/s1. The van der Waals surface area contributed by atoms with E-state index >= 15 is 0 Å². The van der Waals surface area contributed by atoms with E-state index in [1.807, 2.05) is 19.2 Å². The number of hydrogen-bond acceptors (Lipinski definition) is 4. The Kier molecular flexibility index (Phi) is 4.77. The zero-order valence-electron chi connectivity index (χ0n) is 12.3. The van der Waals surface area contributed by atoms with E-state index < -0.39 is 0 Å². The van der Waals surface area contributed by atoms with Gasteiger partial charge in [0.1, 0.15) is 5.82 Å². The van der Waals surface area contributed by atoms with E-state index in [1.165, 1.54) is 19.4 Å². The second-order valence-corrected chi connectivity index (χ2v) is 5.54. The van der Waals surface area contributed by atoms with Gasteiger partial charge in [0.2, 0.25) is 0 Å². The topological polar surface area (TPSA) is 45.4 Å². The summed E-state index contributed by atoms with van der Waals surface area (Å²) in [7, 11) is 2.12. The molecular weight excluding hydrogens is 236 g/mol. The molecule has 1 fully saturated rings. The van der Waals surface area contributed by atoms with E-state index in [9.17, 15) is 0 Å². The lowest BCUT2D eigenvalue weighted by Gasteiger charge is -2.28. The Morgan fingerprint density at radius 3 is 3.05 bits per heavy atom. The second kappa shape index (κ2) is 6.35. The number of nitrogens with zero attached hydrogens (tertiary/aromatic N) is 3. The summed E-state index contributed by atoms with van der Waals surface area (Å²) < 4.78 is 0. The third-order valence-electron chi connectivity index (χ3n) is 4.08. The molecule has 1 aromatic rings. The molecule has 2 N–H and O–H groups in total. The van der Waals surface area contributed by atoms with Crippen LogP contribution in [0.5, 0.6) is 0 Å². The minimum atomic E-state index is 0.0637. The van der Waals surface area contributed by atoms with E-state index in [0.717, 1.165) is 24.5 Å². The van der Waals surface area contributed by atoms with Gasteiger partial charge in [-0.3, -0.25) is 4.90 Å². The number of aromatic nitrogens is 1. The van der Waals surface area contributed by atoms with Crippen LogP contribution < -0.4 is 10.6 Å². The molecule has 0 aromatic carbocycles. The molecule has 4 nitrogen and oxygen atoms in total. The molecule has 1 aliphatic rings. The minimum Gasteiger partial charge on any atom is -0.358 e. The minimum absolute atomic E-state index is 0.0637. The van der Waals surface area contributed by atoms with Gasteiger partial charge in [0, 0.05) is 31.9 Å². The summed E-state index contributed by atoms with van der Waals surface area (Å²) in [4.78, 5) is 9.28. The van der Waals surface area contributed by atoms with Gasteiger partial charge in [-0.25, -0.2) is 4.98 Å². The summed E-state index contributed by atoms with van der Waals surface area (Å²) in [6.45, 7) is 7.68. The smallest absolute Gasteiger partial charge is 0.128 e. The monoisotopic (exact) mass is 262 g/mol. The average molecular weight is 262 g/mol. The maximum Gasteiger partial charge on any atom is 0.128 e. The van der Waals surface area contributed by atoms with E-state index in [1.54, 1.807) is 0 Å².